The SMILES string of the molecule is Cc1cc(C(C)N2NC=CC=C2OCC(F)(F)F)cc(NC(=O)C(C)C)n1. The zero-order chi connectivity index (χ0) is 20.2. The highest BCUT2D eigenvalue weighted by molar-refractivity contribution is 5.91. The number of aryl methyl sites for hydroxylation is 1. The molecule has 1 amide bonds. The second kappa shape index (κ2) is 8.32. The largest absolute Gasteiger partial charge is 0.468 e. The van der Waals surface area contributed by atoms with Crippen LogP contribution in [0.15, 0.2) is 36.4 Å². The Labute approximate surface area is 156 Å². The molecule has 0 spiro atoms. The lowest BCUT2D eigenvalue weighted by Crippen LogP contribution is -2.39. The van der Waals surface area contributed by atoms with Gasteiger partial charge in [0, 0.05) is 23.9 Å². The van der Waals surface area contributed by atoms with E-state index in [2.05, 4.69) is 15.7 Å². The number of halogens is 3. The molecule has 2 rings (SSSR count). The number of ether oxygens (including phenoxy) is 1. The van der Waals surface area contributed by atoms with E-state index < -0.39 is 12.8 Å². The topological polar surface area (TPSA) is 66.5 Å². The molecule has 9 heteroatoms. The van der Waals surface area contributed by atoms with Crippen molar-refractivity contribution in [2.24, 2.45) is 5.92 Å². The Kier molecular flexibility index (Phi) is 6.35. The van der Waals surface area contributed by atoms with Gasteiger partial charge in [-0.05, 0) is 37.6 Å². The fourth-order valence-electron chi connectivity index (χ4n) is 2.39. The molecule has 2 N–H and O–H groups in total. The van der Waals surface area contributed by atoms with Gasteiger partial charge in [0.05, 0.1) is 6.04 Å². The number of hydrogen-bond acceptors (Lipinski definition) is 5. The molecule has 0 bridgehead atoms. The van der Waals surface area contributed by atoms with Gasteiger partial charge in [0.1, 0.15) is 5.82 Å². The van der Waals surface area contributed by atoms with Crippen LogP contribution in [0.25, 0.3) is 0 Å². The average molecular weight is 384 g/mol. The predicted octanol–water partition coefficient (Wildman–Crippen LogP) is 3.80. The Balaban J connectivity index is 2.21. The van der Waals surface area contributed by atoms with E-state index in [-0.39, 0.29) is 23.8 Å². The molecule has 0 saturated heterocycles. The molecule has 1 aliphatic heterocycles. The Morgan fingerprint density at radius 2 is 2.04 bits per heavy atom. The Morgan fingerprint density at radius 3 is 2.67 bits per heavy atom. The van der Waals surface area contributed by atoms with Gasteiger partial charge in [0.15, 0.2) is 6.61 Å². The molecule has 0 aliphatic carbocycles. The van der Waals surface area contributed by atoms with Crippen molar-refractivity contribution >= 4 is 11.7 Å². The Bertz CT molecular complexity index is 745. The van der Waals surface area contributed by atoms with E-state index in [9.17, 15) is 18.0 Å². The van der Waals surface area contributed by atoms with Crippen LogP contribution in [-0.2, 0) is 9.53 Å². The van der Waals surface area contributed by atoms with Crippen molar-refractivity contribution in [3.8, 4) is 0 Å². The van der Waals surface area contributed by atoms with E-state index in [0.29, 0.717) is 11.5 Å². The van der Waals surface area contributed by atoms with Crippen molar-refractivity contribution in [3.63, 3.8) is 0 Å². The number of hydrogen-bond donors (Lipinski definition) is 2. The van der Waals surface area contributed by atoms with E-state index in [1.54, 1.807) is 52.1 Å². The first-order chi connectivity index (χ1) is 12.6. The molecule has 0 radical (unpaired) electrons. The number of pyridine rings is 1. The average Bonchev–Trinajstić information content (AvgIpc) is 2.58. The van der Waals surface area contributed by atoms with E-state index in [4.69, 9.17) is 4.74 Å². The number of alkyl halides is 3. The number of nitrogens with zero attached hydrogens (tertiary/aromatic N) is 2. The van der Waals surface area contributed by atoms with Gasteiger partial charge in [-0.3, -0.25) is 9.80 Å². The molecule has 1 aliphatic rings. The van der Waals surface area contributed by atoms with Gasteiger partial charge in [0.25, 0.3) is 0 Å². The van der Waals surface area contributed by atoms with Gasteiger partial charge < -0.3 is 15.5 Å². The van der Waals surface area contributed by atoms with Crippen molar-refractivity contribution in [2.75, 3.05) is 11.9 Å². The molecule has 1 aromatic heterocycles. The highest BCUT2D eigenvalue weighted by Gasteiger charge is 2.31. The molecule has 1 atom stereocenters. The fourth-order valence-corrected chi connectivity index (χ4v) is 2.39. The minimum absolute atomic E-state index is 0.0459. The van der Waals surface area contributed by atoms with Crippen LogP contribution in [0.1, 0.15) is 38.1 Å². The highest BCUT2D eigenvalue weighted by Crippen LogP contribution is 2.28. The summed E-state index contributed by atoms with van der Waals surface area (Å²) in [6, 6.07) is 3.11. The third-order valence-corrected chi connectivity index (χ3v) is 3.79. The maximum absolute atomic E-state index is 12.5. The normalized spacial score (nSPS) is 15.3. The molecule has 1 unspecified atom stereocenters. The maximum atomic E-state index is 12.5. The summed E-state index contributed by atoms with van der Waals surface area (Å²) in [5.74, 6) is 0.0709. The van der Waals surface area contributed by atoms with Crippen molar-refractivity contribution in [3.05, 3.63) is 47.6 Å². The number of hydrazine groups is 1. The first-order valence-electron chi connectivity index (χ1n) is 8.48. The predicted molar refractivity (Wildman–Crippen MR) is 95.1 cm³/mol. The van der Waals surface area contributed by atoms with E-state index in [1.807, 2.05) is 0 Å². The summed E-state index contributed by atoms with van der Waals surface area (Å²) < 4.78 is 42.4. The third kappa shape index (κ3) is 5.90. The highest BCUT2D eigenvalue weighted by atomic mass is 19.4. The van der Waals surface area contributed by atoms with Crippen LogP contribution in [-0.4, -0.2) is 28.7 Å². The number of rotatable bonds is 6. The minimum Gasteiger partial charge on any atom is -0.468 e. The van der Waals surface area contributed by atoms with Gasteiger partial charge in [-0.15, -0.1) is 0 Å². The summed E-state index contributed by atoms with van der Waals surface area (Å²) in [5, 5.41) is 4.22. The standard InChI is InChI=1S/C18H23F3N4O2/c1-11(2)17(26)24-15-9-14(8-12(3)23-15)13(4)25-16(6-5-7-22-25)27-10-18(19,20)21/h5-9,11,13,22H,10H2,1-4H3,(H,23,24,26). The number of anilines is 1. The second-order valence-corrected chi connectivity index (χ2v) is 6.51. The van der Waals surface area contributed by atoms with E-state index in [0.717, 1.165) is 5.56 Å². The van der Waals surface area contributed by atoms with Gasteiger partial charge in [0.2, 0.25) is 11.8 Å². The lowest BCUT2D eigenvalue weighted by atomic mass is 10.1. The summed E-state index contributed by atoms with van der Waals surface area (Å²) in [4.78, 5) is 16.2. The smallest absolute Gasteiger partial charge is 0.422 e. The molecule has 148 valence electrons. The summed E-state index contributed by atoms with van der Waals surface area (Å²) in [6.07, 6.45) is 0.167. The molecule has 0 aromatic carbocycles. The molecule has 1 aromatic rings. The third-order valence-electron chi connectivity index (χ3n) is 3.79. The fraction of sp³-hybridized carbons (Fsp3) is 0.444. The van der Waals surface area contributed by atoms with Crippen LogP contribution in [0, 0.1) is 12.8 Å². The van der Waals surface area contributed by atoms with Crippen LogP contribution in [0.4, 0.5) is 19.0 Å². The van der Waals surface area contributed by atoms with Crippen molar-refractivity contribution in [2.45, 2.75) is 39.9 Å². The summed E-state index contributed by atoms with van der Waals surface area (Å²) in [6.45, 7) is 5.74. The van der Waals surface area contributed by atoms with Crippen LogP contribution < -0.4 is 10.7 Å². The van der Waals surface area contributed by atoms with Crippen LogP contribution in [0.5, 0.6) is 0 Å². The number of carbonyl (C=O) groups excluding carboxylic acids is 1. The van der Waals surface area contributed by atoms with Gasteiger partial charge >= 0.3 is 6.18 Å². The molecular formula is C18H23F3N4O2. The van der Waals surface area contributed by atoms with Crippen molar-refractivity contribution in [1.82, 2.24) is 15.4 Å². The lowest BCUT2D eigenvalue weighted by Gasteiger charge is -2.34. The molecule has 27 heavy (non-hydrogen) atoms. The summed E-state index contributed by atoms with van der Waals surface area (Å²) in [5.41, 5.74) is 4.32. The monoisotopic (exact) mass is 384 g/mol. The van der Waals surface area contributed by atoms with E-state index >= 15 is 0 Å². The first-order valence-corrected chi connectivity index (χ1v) is 8.48. The number of amides is 1. The quantitative estimate of drug-likeness (QED) is 0.781. The van der Waals surface area contributed by atoms with Crippen molar-refractivity contribution < 1.29 is 22.7 Å². The Hall–Kier alpha value is -2.71. The van der Waals surface area contributed by atoms with Crippen LogP contribution >= 0.6 is 0 Å². The molecule has 0 saturated carbocycles. The maximum Gasteiger partial charge on any atom is 0.422 e. The zero-order valence-electron chi connectivity index (χ0n) is 15.6. The van der Waals surface area contributed by atoms with Crippen molar-refractivity contribution in [1.29, 1.82) is 0 Å². The number of aromatic nitrogens is 1. The van der Waals surface area contributed by atoms with Gasteiger partial charge in [-0.1, -0.05) is 13.8 Å². The molecule has 2 heterocycles. The molecular weight excluding hydrogens is 361 g/mol. The first kappa shape index (κ1) is 20.6. The molecule has 0 fully saturated rings. The number of allylic oxidation sites excluding steroid dienone is 2. The lowest BCUT2D eigenvalue weighted by molar-refractivity contribution is -0.172. The van der Waals surface area contributed by atoms with E-state index in [1.165, 1.54) is 11.1 Å². The summed E-state index contributed by atoms with van der Waals surface area (Å²) in [7, 11) is 0. The number of carbonyl (C=O) groups is 1. The van der Waals surface area contributed by atoms with Gasteiger partial charge in [-0.25, -0.2) is 4.98 Å². The summed E-state index contributed by atoms with van der Waals surface area (Å²) >= 11 is 0. The van der Waals surface area contributed by atoms with Crippen LogP contribution in [0.2, 0.25) is 0 Å². The molecule has 6 nitrogen and oxygen atoms in total. The zero-order valence-corrected chi connectivity index (χ0v) is 15.6. The van der Waals surface area contributed by atoms with Crippen LogP contribution in [0.3, 0.4) is 0 Å². The number of nitrogens with one attached hydrogen (secondary N) is 2. The Morgan fingerprint density at radius 1 is 1.33 bits per heavy atom. The second-order valence-electron chi connectivity index (χ2n) is 6.51. The van der Waals surface area contributed by atoms with Gasteiger partial charge in [-0.2, -0.15) is 13.2 Å². The minimum atomic E-state index is -4.43.